The lowest BCUT2D eigenvalue weighted by Gasteiger charge is -2.16. The fraction of sp³-hybridized carbons (Fsp3) is 0.0385. The summed E-state index contributed by atoms with van der Waals surface area (Å²) in [5.41, 5.74) is 2.15. The van der Waals surface area contributed by atoms with E-state index in [2.05, 4.69) is 49.6 Å². The van der Waals surface area contributed by atoms with E-state index in [9.17, 15) is 55.1 Å². The summed E-state index contributed by atoms with van der Waals surface area (Å²) in [5.74, 6) is -1.69. The van der Waals surface area contributed by atoms with Crippen molar-refractivity contribution in [1.29, 1.82) is 0 Å². The van der Waals surface area contributed by atoms with Gasteiger partial charge in [-0.15, -0.1) is 13.2 Å². The van der Waals surface area contributed by atoms with Crippen LogP contribution in [0.2, 0.25) is 15.1 Å². The number of methoxy groups -OCH3 is 1. The lowest BCUT2D eigenvalue weighted by molar-refractivity contribution is -0.274. The van der Waals surface area contributed by atoms with Crippen molar-refractivity contribution < 1.29 is 50.2 Å². The number of carbonyl (C=O) groups excluding carboxylic acids is 3. The van der Waals surface area contributed by atoms with E-state index in [-0.39, 0.29) is 76.9 Å². The zero-order valence-electron chi connectivity index (χ0n) is 53.2. The first-order valence-corrected chi connectivity index (χ1v) is 32.5. The summed E-state index contributed by atoms with van der Waals surface area (Å²) < 4.78 is 91.7. The van der Waals surface area contributed by atoms with Crippen LogP contribution in [0, 0.1) is 0 Å². The number of hydrogen-bond donors (Lipinski definition) is 6. The van der Waals surface area contributed by atoms with Crippen molar-refractivity contribution in [2.24, 2.45) is 0 Å². The van der Waals surface area contributed by atoms with Gasteiger partial charge in [-0.3, -0.25) is 28.8 Å². The number of carbonyl (C=O) groups is 3. The molecule has 0 aliphatic carbocycles. The fourth-order valence-corrected chi connectivity index (χ4v) is 13.4. The predicted molar refractivity (Wildman–Crippen MR) is 390 cm³/mol. The molecule has 9 aromatic carbocycles. The third kappa shape index (κ3) is 13.0. The normalized spacial score (nSPS) is 12.2. The number of nitrogens with zero attached hydrogens (tertiary/aromatic N) is 3. The first-order chi connectivity index (χ1) is 49.9. The monoisotopic (exact) mass is 1450 g/mol. The van der Waals surface area contributed by atoms with E-state index in [1.165, 1.54) is 55.7 Å². The van der Waals surface area contributed by atoms with Crippen LogP contribution in [0.25, 0.3) is 140 Å². The Bertz CT molecular complexity index is 6380. The summed E-state index contributed by atoms with van der Waals surface area (Å²) in [6.07, 6.45) is -2.22. The minimum Gasteiger partial charge on any atom is -0.497 e. The van der Waals surface area contributed by atoms with Gasteiger partial charge in [-0.25, -0.2) is 15.0 Å². The Labute approximate surface area is 594 Å². The van der Waals surface area contributed by atoms with Crippen LogP contribution in [0.5, 0.6) is 11.5 Å². The number of halogens is 9. The second-order valence-electron chi connectivity index (χ2n) is 23.9. The molecule has 0 bridgehead atoms. The second kappa shape index (κ2) is 26.4. The van der Waals surface area contributed by atoms with Crippen molar-refractivity contribution in [2.75, 3.05) is 7.11 Å². The average molecular weight is 1460 g/mol. The van der Waals surface area contributed by atoms with Crippen molar-refractivity contribution in [1.82, 2.24) is 44.9 Å². The number of H-pyrrole nitrogens is 6. The van der Waals surface area contributed by atoms with E-state index in [4.69, 9.17) is 39.5 Å². The van der Waals surface area contributed by atoms with Gasteiger partial charge in [0.1, 0.15) is 29.0 Å². The number of alkyl halides is 6. The Morgan fingerprint density at radius 2 is 0.808 bits per heavy atom. The van der Waals surface area contributed by atoms with Crippen LogP contribution in [0.4, 0.5) is 26.3 Å². The van der Waals surface area contributed by atoms with E-state index in [1.807, 2.05) is 0 Å². The first-order valence-electron chi connectivity index (χ1n) is 31.3. The SMILES string of the molecule is COc1ccc(-c2c(C(=O)/C=C/c3nc4ccc(-c5cc(Cl)cc6c(-c7ccc(OC(F)(F)F)cc7)c(C(=O)/C=C/c7nc8ccc(-c9cc(Cl)cc%10c(-c%11ccc(C(F)(F)F)cc%11)c(C(=O)/C=C/c%11nc%12ccccc%12[nH]%11)c(=O)[nH]c9%10)cc8[nH]7)c(=O)[nH]c56)cc4[nH]3)c(=O)[nH]c3ccc(Cl)cc23)cc1. The third-order valence-corrected chi connectivity index (χ3v) is 18.0. The Kier molecular flexibility index (Phi) is 17.0. The largest absolute Gasteiger partial charge is 0.573 e. The van der Waals surface area contributed by atoms with Gasteiger partial charge in [0, 0.05) is 64.6 Å². The summed E-state index contributed by atoms with van der Waals surface area (Å²) in [4.78, 5) is 118. The third-order valence-electron chi connectivity index (χ3n) is 17.4. The lowest BCUT2D eigenvalue weighted by atomic mass is 9.91. The molecule has 0 aliphatic rings. The maximum absolute atomic E-state index is 14.8. The highest BCUT2D eigenvalue weighted by Gasteiger charge is 2.33. The number of ether oxygens (including phenoxy) is 2. The van der Waals surface area contributed by atoms with Gasteiger partial charge >= 0.3 is 12.5 Å². The number of benzene rings is 9. The number of fused-ring (bicyclic) bond motifs is 6. The van der Waals surface area contributed by atoms with E-state index in [0.717, 1.165) is 48.6 Å². The topological polar surface area (TPSA) is 254 Å². The zero-order chi connectivity index (χ0) is 72.6. The number of hydrogen-bond acceptors (Lipinski definition) is 11. The molecule has 104 heavy (non-hydrogen) atoms. The molecule has 6 aromatic heterocycles. The Balaban J connectivity index is 0.766. The van der Waals surface area contributed by atoms with Crippen molar-refractivity contribution in [3.8, 4) is 67.1 Å². The Morgan fingerprint density at radius 1 is 0.404 bits per heavy atom. The molecule has 0 aliphatic heterocycles. The molecule has 17 nitrogen and oxygen atoms in total. The summed E-state index contributed by atoms with van der Waals surface area (Å²) in [5, 5.41) is 1.57. The number of allylic oxidation sites excluding steroid dienone is 3. The molecule has 0 saturated heterocycles. The first kappa shape index (κ1) is 67.1. The van der Waals surface area contributed by atoms with Crippen molar-refractivity contribution in [2.45, 2.75) is 12.5 Å². The molecule has 0 spiro atoms. The highest BCUT2D eigenvalue weighted by Crippen LogP contribution is 2.43. The number of imidazole rings is 3. The smallest absolute Gasteiger partial charge is 0.497 e. The maximum Gasteiger partial charge on any atom is 0.573 e. The van der Waals surface area contributed by atoms with Crippen LogP contribution in [0.15, 0.2) is 209 Å². The van der Waals surface area contributed by atoms with Gasteiger partial charge < -0.3 is 39.4 Å². The molecule has 0 radical (unpaired) electrons. The van der Waals surface area contributed by atoms with Crippen LogP contribution < -0.4 is 26.2 Å². The predicted octanol–water partition coefficient (Wildman–Crippen LogP) is 18.7. The van der Waals surface area contributed by atoms with E-state index in [1.54, 1.807) is 115 Å². The standard InChI is InChI=1S/C78H44Cl3F6N9O8/c1-103-46-17-8-38(9-18-46)66-50-32-43(79)16-23-53(50)94-74(100)69(66)60(97)25-28-64-90-56-22-13-41(31-58(56)92-64)49-34-45(81)36-52-68(39-10-19-47(20-11-39)104-78(85,86)87)71(76(102)96-73(49)52)62(99)26-29-65-91-57-21-12-40(30-59(57)93-65)48-33-44(80)35-51-67(37-6-14-42(15-7-37)77(82,83)84)70(75(101)95-72(48)51)61(98)24-27-63-88-54-4-2-3-5-55(54)89-63/h2-36H,1H3,(H,88,89)(H,90,92)(H,91,93)(H,94,100)(H,95,101)(H,96,102)/b27-24+,28-25+,29-26+. The van der Waals surface area contributed by atoms with Crippen LogP contribution in [-0.4, -0.2) is 75.7 Å². The number of aromatic nitrogens is 9. The molecule has 26 heteroatoms. The second-order valence-corrected chi connectivity index (χ2v) is 25.2. The van der Waals surface area contributed by atoms with Gasteiger partial charge in [-0.1, -0.05) is 95.5 Å². The molecular formula is C78H44Cl3F6N9O8. The maximum atomic E-state index is 14.8. The zero-order valence-corrected chi connectivity index (χ0v) is 55.5. The molecule has 0 fully saturated rings. The van der Waals surface area contributed by atoms with Crippen LogP contribution in [0.1, 0.15) is 54.1 Å². The summed E-state index contributed by atoms with van der Waals surface area (Å²) in [7, 11) is 1.52. The fourth-order valence-electron chi connectivity index (χ4n) is 12.8. The molecule has 6 heterocycles. The number of ketones is 3. The number of nitrogens with one attached hydrogen (secondary N) is 6. The highest BCUT2D eigenvalue weighted by molar-refractivity contribution is 6.33. The Hall–Kier alpha value is -12.7. The van der Waals surface area contributed by atoms with Crippen molar-refractivity contribution in [3.05, 3.63) is 280 Å². The highest BCUT2D eigenvalue weighted by atomic mass is 35.5. The minimum absolute atomic E-state index is 0.00123. The molecule has 512 valence electrons. The molecule has 0 unspecified atom stereocenters. The summed E-state index contributed by atoms with van der Waals surface area (Å²) >= 11 is 20.2. The Morgan fingerprint density at radius 3 is 1.26 bits per heavy atom. The minimum atomic E-state index is -5.05. The molecule has 15 rings (SSSR count). The van der Waals surface area contributed by atoms with Crippen LogP contribution in [0.3, 0.4) is 0 Å². The van der Waals surface area contributed by atoms with Crippen LogP contribution >= 0.6 is 34.8 Å². The van der Waals surface area contributed by atoms with Crippen molar-refractivity contribution in [3.63, 3.8) is 0 Å². The van der Waals surface area contributed by atoms with E-state index in [0.29, 0.717) is 94.0 Å². The van der Waals surface area contributed by atoms with Gasteiger partial charge in [-0.2, -0.15) is 13.2 Å². The molecule has 0 saturated carbocycles. The van der Waals surface area contributed by atoms with E-state index >= 15 is 0 Å². The van der Waals surface area contributed by atoms with Gasteiger partial charge in [0.25, 0.3) is 16.7 Å². The number of para-hydroxylation sites is 2. The van der Waals surface area contributed by atoms with Crippen molar-refractivity contribution >= 4 is 136 Å². The summed E-state index contributed by atoms with van der Waals surface area (Å²) in [6, 6.07) is 43.6. The molecular weight excluding hydrogens is 1410 g/mol. The number of pyridine rings is 3. The molecule has 15 aromatic rings. The van der Waals surface area contributed by atoms with Gasteiger partial charge in [0.15, 0.2) is 17.3 Å². The number of aromatic amines is 6. The number of rotatable bonds is 16. The molecule has 6 N–H and O–H groups in total. The van der Waals surface area contributed by atoms with Gasteiger partial charge in [-0.05, 0) is 180 Å². The summed E-state index contributed by atoms with van der Waals surface area (Å²) in [6.45, 7) is 0. The molecule has 0 atom stereocenters. The average Bonchev–Trinajstić information content (AvgIpc) is 0.775. The molecule has 0 amide bonds. The van der Waals surface area contributed by atoms with Gasteiger partial charge in [0.05, 0.1) is 73.5 Å². The lowest BCUT2D eigenvalue weighted by Crippen LogP contribution is -2.19. The van der Waals surface area contributed by atoms with Crippen LogP contribution in [-0.2, 0) is 6.18 Å². The van der Waals surface area contributed by atoms with E-state index < -0.39 is 63.4 Å². The quantitative estimate of drug-likeness (QED) is 0.0301. The van der Waals surface area contributed by atoms with Gasteiger partial charge in [0.2, 0.25) is 0 Å².